The van der Waals surface area contributed by atoms with Crippen molar-refractivity contribution in [2.45, 2.75) is 19.3 Å². The molecule has 1 aromatic rings. The van der Waals surface area contributed by atoms with Gasteiger partial charge in [0.1, 0.15) is 17.3 Å². The lowest BCUT2D eigenvalue weighted by Crippen LogP contribution is -2.33. The number of hydrogen-bond donors (Lipinski definition) is 1. The van der Waals surface area contributed by atoms with Crippen LogP contribution in [-0.4, -0.2) is 36.1 Å². The number of rotatable bonds is 5. The lowest BCUT2D eigenvalue weighted by Gasteiger charge is -2.26. The summed E-state index contributed by atoms with van der Waals surface area (Å²) in [4.78, 5) is 2.75. The molecular weight excluding hydrogens is 280 g/mol. The topological polar surface area (TPSA) is 38.5 Å². The quantitative estimate of drug-likeness (QED) is 0.849. The van der Waals surface area contributed by atoms with E-state index in [0.717, 1.165) is 12.3 Å². The summed E-state index contributed by atoms with van der Waals surface area (Å²) in [6.45, 7) is 4.02. The average molecular weight is 299 g/mol. The summed E-state index contributed by atoms with van der Waals surface area (Å²) >= 11 is 11.0. The van der Waals surface area contributed by atoms with Gasteiger partial charge in [-0.2, -0.15) is 0 Å². The number of halogens is 1. The van der Waals surface area contributed by atoms with Gasteiger partial charge in [-0.3, -0.25) is 4.90 Å². The zero-order valence-corrected chi connectivity index (χ0v) is 12.5. The van der Waals surface area contributed by atoms with Crippen LogP contribution in [0.1, 0.15) is 24.8 Å². The van der Waals surface area contributed by atoms with Crippen LogP contribution >= 0.6 is 23.8 Å². The summed E-state index contributed by atoms with van der Waals surface area (Å²) < 4.78 is 5.71. The van der Waals surface area contributed by atoms with E-state index in [-0.39, 0.29) is 0 Å². The number of thiocarbonyl (C=S) groups is 1. The normalized spacial score (nSPS) is 16.3. The van der Waals surface area contributed by atoms with Gasteiger partial charge in [0.25, 0.3) is 0 Å². The van der Waals surface area contributed by atoms with Gasteiger partial charge in [-0.25, -0.2) is 0 Å². The lowest BCUT2D eigenvalue weighted by molar-refractivity contribution is 0.183. The van der Waals surface area contributed by atoms with Gasteiger partial charge >= 0.3 is 0 Å². The highest BCUT2D eigenvalue weighted by Gasteiger charge is 2.10. The van der Waals surface area contributed by atoms with E-state index in [2.05, 4.69) is 4.90 Å². The zero-order chi connectivity index (χ0) is 13.7. The molecule has 0 aliphatic carbocycles. The molecule has 19 heavy (non-hydrogen) atoms. The fourth-order valence-electron chi connectivity index (χ4n) is 2.26. The second-order valence-electron chi connectivity index (χ2n) is 4.76. The van der Waals surface area contributed by atoms with Gasteiger partial charge in [0.15, 0.2) is 0 Å². The Morgan fingerprint density at radius 1 is 1.32 bits per heavy atom. The molecule has 0 bridgehead atoms. The molecule has 0 atom stereocenters. The molecule has 1 saturated heterocycles. The summed E-state index contributed by atoms with van der Waals surface area (Å²) in [6, 6.07) is 5.43. The summed E-state index contributed by atoms with van der Waals surface area (Å²) in [5, 5.41) is 0.544. The van der Waals surface area contributed by atoms with Gasteiger partial charge < -0.3 is 10.5 Å². The van der Waals surface area contributed by atoms with Crippen molar-refractivity contribution < 1.29 is 4.74 Å². The Hall–Kier alpha value is -0.840. The molecule has 0 amide bonds. The first-order valence-electron chi connectivity index (χ1n) is 6.61. The molecule has 0 saturated carbocycles. The maximum atomic E-state index is 6.09. The third-order valence-electron chi connectivity index (χ3n) is 3.33. The van der Waals surface area contributed by atoms with Crippen molar-refractivity contribution in [1.82, 2.24) is 4.90 Å². The molecular formula is C14H19ClN2OS. The molecule has 1 aliphatic heterocycles. The number of nitrogens with zero attached hydrogens (tertiary/aromatic N) is 1. The summed E-state index contributed by atoms with van der Waals surface area (Å²) in [5.41, 5.74) is 6.26. The molecule has 0 unspecified atom stereocenters. The summed E-state index contributed by atoms with van der Waals surface area (Å²) in [5.74, 6) is 0.766. The van der Waals surface area contributed by atoms with E-state index in [9.17, 15) is 0 Å². The molecule has 0 spiro atoms. The number of benzene rings is 1. The number of hydrogen-bond acceptors (Lipinski definition) is 3. The Morgan fingerprint density at radius 2 is 2.05 bits per heavy atom. The molecule has 2 rings (SSSR count). The summed E-state index contributed by atoms with van der Waals surface area (Å²) in [6.07, 6.45) is 3.95. The average Bonchev–Trinajstić information content (AvgIpc) is 2.39. The first kappa shape index (κ1) is 14.6. The molecule has 5 heteroatoms. The number of ether oxygens (including phenoxy) is 1. The van der Waals surface area contributed by atoms with Crippen LogP contribution in [0.2, 0.25) is 5.02 Å². The molecule has 1 heterocycles. The van der Waals surface area contributed by atoms with Crippen molar-refractivity contribution in [3.63, 3.8) is 0 Å². The van der Waals surface area contributed by atoms with E-state index >= 15 is 0 Å². The van der Waals surface area contributed by atoms with Crippen LogP contribution < -0.4 is 10.5 Å². The van der Waals surface area contributed by atoms with Gasteiger partial charge in [0.05, 0.1) is 5.02 Å². The molecule has 1 aliphatic rings. The van der Waals surface area contributed by atoms with Gasteiger partial charge in [-0.15, -0.1) is 0 Å². The largest absolute Gasteiger partial charge is 0.492 e. The first-order valence-corrected chi connectivity index (χ1v) is 7.40. The van der Waals surface area contributed by atoms with Crippen LogP contribution in [0.4, 0.5) is 0 Å². The third-order valence-corrected chi connectivity index (χ3v) is 3.86. The van der Waals surface area contributed by atoms with Crippen LogP contribution in [0.25, 0.3) is 0 Å². The van der Waals surface area contributed by atoms with Crippen LogP contribution in [0, 0.1) is 0 Å². The van der Waals surface area contributed by atoms with Gasteiger partial charge in [-0.1, -0.05) is 30.2 Å². The minimum atomic E-state index is 0.310. The smallest absolute Gasteiger partial charge is 0.120 e. The van der Waals surface area contributed by atoms with Gasteiger partial charge in [-0.05, 0) is 44.1 Å². The fraction of sp³-hybridized carbons (Fsp3) is 0.500. The number of likely N-dealkylation sites (tertiary alicyclic amines) is 1. The van der Waals surface area contributed by atoms with E-state index in [1.807, 2.05) is 6.07 Å². The molecule has 0 aromatic heterocycles. The molecule has 1 aromatic carbocycles. The minimum Gasteiger partial charge on any atom is -0.492 e. The van der Waals surface area contributed by atoms with Crippen LogP contribution in [0.3, 0.4) is 0 Å². The summed E-state index contributed by atoms with van der Waals surface area (Å²) in [7, 11) is 0. The van der Waals surface area contributed by atoms with Crippen molar-refractivity contribution >= 4 is 28.8 Å². The Kier molecular flexibility index (Phi) is 5.43. The standard InChI is InChI=1S/C14H19ClN2OS/c15-13-10-11(4-5-12(13)14(16)19)18-9-8-17-6-2-1-3-7-17/h4-5,10H,1-3,6-9H2,(H2,16,19). The lowest BCUT2D eigenvalue weighted by atomic mass is 10.1. The minimum absolute atomic E-state index is 0.310. The van der Waals surface area contributed by atoms with Crippen LogP contribution in [0.15, 0.2) is 18.2 Å². The van der Waals surface area contributed by atoms with Crippen molar-refractivity contribution in [2.75, 3.05) is 26.2 Å². The monoisotopic (exact) mass is 298 g/mol. The molecule has 1 fully saturated rings. The Morgan fingerprint density at radius 3 is 2.68 bits per heavy atom. The van der Waals surface area contributed by atoms with Crippen molar-refractivity contribution in [2.24, 2.45) is 5.73 Å². The van der Waals surface area contributed by atoms with E-state index < -0.39 is 0 Å². The second kappa shape index (κ2) is 7.08. The van der Waals surface area contributed by atoms with E-state index in [1.165, 1.54) is 32.4 Å². The molecule has 0 radical (unpaired) electrons. The first-order chi connectivity index (χ1) is 9.16. The Labute approximate surface area is 124 Å². The van der Waals surface area contributed by atoms with E-state index in [4.69, 9.17) is 34.3 Å². The molecule has 104 valence electrons. The Bertz CT molecular complexity index is 447. The van der Waals surface area contributed by atoms with Crippen molar-refractivity contribution in [3.8, 4) is 5.75 Å². The molecule has 3 nitrogen and oxygen atoms in total. The van der Waals surface area contributed by atoms with Crippen molar-refractivity contribution in [1.29, 1.82) is 0 Å². The van der Waals surface area contributed by atoms with Crippen LogP contribution in [-0.2, 0) is 0 Å². The number of piperidine rings is 1. The maximum Gasteiger partial charge on any atom is 0.120 e. The number of nitrogens with two attached hydrogens (primary N) is 1. The van der Waals surface area contributed by atoms with E-state index in [0.29, 0.717) is 22.2 Å². The highest BCUT2D eigenvalue weighted by Crippen LogP contribution is 2.22. The molecule has 2 N–H and O–H groups in total. The predicted octanol–water partition coefficient (Wildman–Crippen LogP) is 2.84. The van der Waals surface area contributed by atoms with Gasteiger partial charge in [0, 0.05) is 12.1 Å². The zero-order valence-electron chi connectivity index (χ0n) is 10.9. The van der Waals surface area contributed by atoms with Gasteiger partial charge in [0.2, 0.25) is 0 Å². The predicted molar refractivity (Wildman–Crippen MR) is 83.1 cm³/mol. The van der Waals surface area contributed by atoms with Crippen LogP contribution in [0.5, 0.6) is 5.75 Å². The third kappa shape index (κ3) is 4.34. The maximum absolute atomic E-state index is 6.09. The van der Waals surface area contributed by atoms with Crippen molar-refractivity contribution in [3.05, 3.63) is 28.8 Å². The second-order valence-corrected chi connectivity index (χ2v) is 5.60. The highest BCUT2D eigenvalue weighted by molar-refractivity contribution is 7.80. The van der Waals surface area contributed by atoms with E-state index in [1.54, 1.807) is 12.1 Å². The highest BCUT2D eigenvalue weighted by atomic mass is 35.5. The Balaban J connectivity index is 1.82. The SMILES string of the molecule is NC(=S)c1ccc(OCCN2CCCCC2)cc1Cl. The fourth-order valence-corrected chi connectivity index (χ4v) is 2.77.